The van der Waals surface area contributed by atoms with Crippen LogP contribution in [0.4, 0.5) is 4.39 Å². The Balaban J connectivity index is 1.81. The Morgan fingerprint density at radius 1 is 1.06 bits per heavy atom. The molecule has 7 heteroatoms. The van der Waals surface area contributed by atoms with E-state index in [1.807, 2.05) is 6.07 Å². The largest absolute Gasteiger partial charge is 0.493 e. The highest BCUT2D eigenvalue weighted by molar-refractivity contribution is 6.35. The quantitative estimate of drug-likeness (QED) is 0.131. The first-order chi connectivity index (χ1) is 15.4. The number of nitrogens with zero attached hydrogens (tertiary/aromatic N) is 1. The number of halogens is 3. The maximum Gasteiger partial charge on any atom is 0.336 e. The number of rotatable bonds is 6. The van der Waals surface area contributed by atoms with Gasteiger partial charge in [0.1, 0.15) is 5.82 Å². The van der Waals surface area contributed by atoms with Gasteiger partial charge in [0.25, 0.3) is 0 Å². The van der Waals surface area contributed by atoms with Gasteiger partial charge in [0.2, 0.25) is 0 Å². The van der Waals surface area contributed by atoms with E-state index in [-0.39, 0.29) is 22.6 Å². The molecule has 160 valence electrons. The standard InChI is InChI=1S/C25H16Cl2FNO3/c1-31-24-13-16(12-18(15-29)20-4-2-3-5-22(20)28)6-10-23(24)32-25(30)11-8-17-7-9-19(26)14-21(17)27/h2-14H,1H3/b11-8+,18-12-. The maximum atomic E-state index is 14.0. The summed E-state index contributed by atoms with van der Waals surface area (Å²) in [5.41, 5.74) is 1.52. The highest BCUT2D eigenvalue weighted by Gasteiger charge is 2.11. The van der Waals surface area contributed by atoms with Crippen LogP contribution in [0.2, 0.25) is 10.0 Å². The SMILES string of the molecule is COc1cc(/C=C(/C#N)c2ccccc2F)ccc1OC(=O)/C=C/c1ccc(Cl)cc1Cl. The van der Waals surface area contributed by atoms with E-state index in [0.29, 0.717) is 21.2 Å². The van der Waals surface area contributed by atoms with Crippen LogP contribution in [0, 0.1) is 17.1 Å². The molecule has 0 fully saturated rings. The number of esters is 1. The first-order valence-corrected chi connectivity index (χ1v) is 10.1. The van der Waals surface area contributed by atoms with Crippen LogP contribution in [0.15, 0.2) is 66.7 Å². The van der Waals surface area contributed by atoms with Gasteiger partial charge in [-0.1, -0.05) is 53.5 Å². The number of ether oxygens (including phenoxy) is 2. The van der Waals surface area contributed by atoms with Gasteiger partial charge < -0.3 is 9.47 Å². The summed E-state index contributed by atoms with van der Waals surface area (Å²) in [5.74, 6) is -0.672. The Morgan fingerprint density at radius 2 is 1.84 bits per heavy atom. The van der Waals surface area contributed by atoms with Crippen molar-refractivity contribution in [2.24, 2.45) is 0 Å². The van der Waals surface area contributed by atoms with Gasteiger partial charge >= 0.3 is 5.97 Å². The number of carbonyl (C=O) groups excluding carboxylic acids is 1. The molecule has 3 rings (SSSR count). The summed E-state index contributed by atoms with van der Waals surface area (Å²) < 4.78 is 24.7. The van der Waals surface area contributed by atoms with Gasteiger partial charge in [-0.25, -0.2) is 9.18 Å². The van der Waals surface area contributed by atoms with E-state index >= 15 is 0 Å². The summed E-state index contributed by atoms with van der Waals surface area (Å²) in [6.07, 6.45) is 4.27. The van der Waals surface area contributed by atoms with E-state index in [2.05, 4.69) is 0 Å². The lowest BCUT2D eigenvalue weighted by atomic mass is 10.0. The van der Waals surface area contributed by atoms with Crippen LogP contribution >= 0.6 is 23.2 Å². The third kappa shape index (κ3) is 5.76. The summed E-state index contributed by atoms with van der Waals surface area (Å²) in [7, 11) is 1.42. The molecule has 0 radical (unpaired) electrons. The van der Waals surface area contributed by atoms with Crippen molar-refractivity contribution in [1.29, 1.82) is 5.26 Å². The van der Waals surface area contributed by atoms with Crippen molar-refractivity contribution < 1.29 is 18.7 Å². The third-order valence-corrected chi connectivity index (χ3v) is 4.92. The van der Waals surface area contributed by atoms with Crippen molar-refractivity contribution >= 4 is 46.9 Å². The third-order valence-electron chi connectivity index (χ3n) is 4.36. The second-order valence-electron chi connectivity index (χ2n) is 6.48. The molecule has 0 atom stereocenters. The molecule has 0 saturated carbocycles. The number of benzene rings is 3. The molecule has 0 heterocycles. The van der Waals surface area contributed by atoms with Crippen LogP contribution in [-0.2, 0) is 4.79 Å². The van der Waals surface area contributed by atoms with Crippen molar-refractivity contribution in [3.05, 3.63) is 99.3 Å². The van der Waals surface area contributed by atoms with E-state index in [0.717, 1.165) is 0 Å². The highest BCUT2D eigenvalue weighted by atomic mass is 35.5. The topological polar surface area (TPSA) is 59.3 Å². The summed E-state index contributed by atoms with van der Waals surface area (Å²) >= 11 is 11.9. The molecule has 0 unspecified atom stereocenters. The van der Waals surface area contributed by atoms with Crippen LogP contribution in [0.5, 0.6) is 11.5 Å². The van der Waals surface area contributed by atoms with Gasteiger partial charge in [0.15, 0.2) is 11.5 Å². The zero-order chi connectivity index (χ0) is 23.1. The van der Waals surface area contributed by atoms with E-state index in [1.165, 1.54) is 43.5 Å². The summed E-state index contributed by atoms with van der Waals surface area (Å²) in [5, 5.41) is 10.3. The summed E-state index contributed by atoms with van der Waals surface area (Å²) in [6, 6.07) is 17.7. The van der Waals surface area contributed by atoms with E-state index in [1.54, 1.807) is 42.5 Å². The van der Waals surface area contributed by atoms with Gasteiger partial charge in [-0.3, -0.25) is 0 Å². The maximum absolute atomic E-state index is 14.0. The fraction of sp³-hybridized carbons (Fsp3) is 0.0400. The summed E-state index contributed by atoms with van der Waals surface area (Å²) in [4.78, 5) is 12.2. The van der Waals surface area contributed by atoms with Crippen LogP contribution in [0.25, 0.3) is 17.7 Å². The van der Waals surface area contributed by atoms with Crippen molar-refractivity contribution in [2.45, 2.75) is 0 Å². The van der Waals surface area contributed by atoms with Crippen LogP contribution in [-0.4, -0.2) is 13.1 Å². The second kappa shape index (κ2) is 10.6. The summed E-state index contributed by atoms with van der Waals surface area (Å²) in [6.45, 7) is 0. The monoisotopic (exact) mass is 467 g/mol. The first kappa shape index (κ1) is 23.1. The van der Waals surface area contributed by atoms with Gasteiger partial charge in [-0.15, -0.1) is 0 Å². The van der Waals surface area contributed by atoms with Crippen molar-refractivity contribution in [3.8, 4) is 17.6 Å². The van der Waals surface area contributed by atoms with Gasteiger partial charge in [0, 0.05) is 21.7 Å². The van der Waals surface area contributed by atoms with Gasteiger partial charge in [0.05, 0.1) is 18.8 Å². The number of methoxy groups -OCH3 is 1. The molecule has 4 nitrogen and oxygen atoms in total. The van der Waals surface area contributed by atoms with Crippen molar-refractivity contribution in [3.63, 3.8) is 0 Å². The Hall–Kier alpha value is -3.59. The Bertz CT molecular complexity index is 1260. The lowest BCUT2D eigenvalue weighted by Gasteiger charge is -2.09. The Morgan fingerprint density at radius 3 is 2.53 bits per heavy atom. The molecule has 0 aliphatic rings. The number of allylic oxidation sites excluding steroid dienone is 1. The zero-order valence-electron chi connectivity index (χ0n) is 16.8. The smallest absolute Gasteiger partial charge is 0.336 e. The number of nitriles is 1. The predicted octanol–water partition coefficient (Wildman–Crippen LogP) is 6.82. The Labute approximate surface area is 194 Å². The average molecular weight is 468 g/mol. The predicted molar refractivity (Wildman–Crippen MR) is 124 cm³/mol. The molecular weight excluding hydrogens is 452 g/mol. The fourth-order valence-corrected chi connectivity index (χ4v) is 3.28. The number of carbonyl (C=O) groups is 1. The second-order valence-corrected chi connectivity index (χ2v) is 7.32. The lowest BCUT2D eigenvalue weighted by Crippen LogP contribution is -2.05. The molecular formula is C25H16Cl2FNO3. The van der Waals surface area contributed by atoms with Crippen molar-refractivity contribution in [1.82, 2.24) is 0 Å². The number of hydrogen-bond acceptors (Lipinski definition) is 4. The Kier molecular flexibility index (Phi) is 7.67. The fourth-order valence-electron chi connectivity index (χ4n) is 2.81. The zero-order valence-corrected chi connectivity index (χ0v) is 18.3. The minimum Gasteiger partial charge on any atom is -0.493 e. The number of hydrogen-bond donors (Lipinski definition) is 0. The molecule has 0 saturated heterocycles. The molecule has 3 aromatic rings. The molecule has 0 aromatic heterocycles. The lowest BCUT2D eigenvalue weighted by molar-refractivity contribution is -0.129. The molecule has 0 spiro atoms. The molecule has 0 N–H and O–H groups in total. The van der Waals surface area contributed by atoms with Gasteiger partial charge in [-0.05, 0) is 53.6 Å². The van der Waals surface area contributed by atoms with E-state index in [4.69, 9.17) is 32.7 Å². The van der Waals surface area contributed by atoms with Crippen LogP contribution < -0.4 is 9.47 Å². The van der Waals surface area contributed by atoms with Gasteiger partial charge in [-0.2, -0.15) is 5.26 Å². The minimum atomic E-state index is -0.637. The normalized spacial score (nSPS) is 11.3. The molecule has 0 aliphatic carbocycles. The van der Waals surface area contributed by atoms with E-state index < -0.39 is 11.8 Å². The van der Waals surface area contributed by atoms with Crippen LogP contribution in [0.1, 0.15) is 16.7 Å². The average Bonchev–Trinajstić information content (AvgIpc) is 2.78. The van der Waals surface area contributed by atoms with E-state index in [9.17, 15) is 14.4 Å². The molecule has 0 aliphatic heterocycles. The molecule has 0 amide bonds. The molecule has 3 aromatic carbocycles. The highest BCUT2D eigenvalue weighted by Crippen LogP contribution is 2.30. The first-order valence-electron chi connectivity index (χ1n) is 9.31. The minimum absolute atomic E-state index is 0.151. The molecule has 32 heavy (non-hydrogen) atoms. The molecule has 0 bridgehead atoms. The van der Waals surface area contributed by atoms with Crippen LogP contribution in [0.3, 0.4) is 0 Å². The van der Waals surface area contributed by atoms with Crippen molar-refractivity contribution in [2.75, 3.05) is 7.11 Å².